The molecule has 3 heteroatoms. The van der Waals surface area contributed by atoms with Gasteiger partial charge in [0.1, 0.15) is 18.1 Å². The van der Waals surface area contributed by atoms with Crippen molar-refractivity contribution in [2.24, 2.45) is 0 Å². The first-order valence-electron chi connectivity index (χ1n) is 6.79. The molecule has 0 fully saturated rings. The molecular formula is C18H17NO2. The average molecular weight is 279 g/mol. The maximum absolute atomic E-state index is 5.84. The Kier molecular flexibility index (Phi) is 3.65. The fraction of sp³-hybridized carbons (Fsp3) is 0.111. The summed E-state index contributed by atoms with van der Waals surface area (Å²) in [5.74, 6) is 1.59. The molecule has 2 N–H and O–H groups in total. The number of methoxy groups -OCH3 is 1. The van der Waals surface area contributed by atoms with Crippen molar-refractivity contribution in [2.75, 3.05) is 12.8 Å². The number of ether oxygens (including phenoxy) is 2. The Morgan fingerprint density at radius 2 is 1.67 bits per heavy atom. The van der Waals surface area contributed by atoms with Crippen LogP contribution in [0.1, 0.15) is 5.56 Å². The molecule has 0 saturated carbocycles. The lowest BCUT2D eigenvalue weighted by Gasteiger charge is -2.09. The highest BCUT2D eigenvalue weighted by atomic mass is 16.5. The molecule has 0 heterocycles. The minimum Gasteiger partial charge on any atom is -0.497 e. The molecule has 0 aliphatic carbocycles. The molecule has 3 aromatic rings. The van der Waals surface area contributed by atoms with Gasteiger partial charge < -0.3 is 15.2 Å². The zero-order valence-corrected chi connectivity index (χ0v) is 11.9. The average Bonchev–Trinajstić information content (AvgIpc) is 2.52. The molecule has 3 rings (SSSR count). The first-order valence-corrected chi connectivity index (χ1v) is 6.79. The lowest BCUT2D eigenvalue weighted by Crippen LogP contribution is -1.98. The Bertz CT molecular complexity index is 768. The first kappa shape index (κ1) is 13.3. The topological polar surface area (TPSA) is 44.5 Å². The molecule has 3 aromatic carbocycles. The Balaban J connectivity index is 1.78. The van der Waals surface area contributed by atoms with Gasteiger partial charge >= 0.3 is 0 Å². The van der Waals surface area contributed by atoms with Crippen LogP contribution < -0.4 is 15.2 Å². The van der Waals surface area contributed by atoms with Crippen LogP contribution in [0.15, 0.2) is 60.7 Å². The van der Waals surface area contributed by atoms with E-state index in [-0.39, 0.29) is 0 Å². The van der Waals surface area contributed by atoms with Crippen molar-refractivity contribution in [2.45, 2.75) is 6.61 Å². The molecule has 0 amide bonds. The van der Waals surface area contributed by atoms with Gasteiger partial charge in [0.2, 0.25) is 0 Å². The van der Waals surface area contributed by atoms with E-state index in [1.165, 1.54) is 10.8 Å². The van der Waals surface area contributed by atoms with Crippen LogP contribution in [0.2, 0.25) is 0 Å². The molecule has 0 bridgehead atoms. The van der Waals surface area contributed by atoms with Crippen LogP contribution >= 0.6 is 0 Å². The minimum absolute atomic E-state index is 0.458. The third-order valence-corrected chi connectivity index (χ3v) is 3.35. The van der Waals surface area contributed by atoms with Crippen LogP contribution in [-0.2, 0) is 6.61 Å². The summed E-state index contributed by atoms with van der Waals surface area (Å²) >= 11 is 0. The van der Waals surface area contributed by atoms with Crippen LogP contribution in [0.25, 0.3) is 10.8 Å². The van der Waals surface area contributed by atoms with Crippen molar-refractivity contribution < 1.29 is 9.47 Å². The lowest BCUT2D eigenvalue weighted by atomic mass is 10.1. The Hall–Kier alpha value is -2.68. The highest BCUT2D eigenvalue weighted by Crippen LogP contribution is 2.23. The van der Waals surface area contributed by atoms with Crippen LogP contribution in [0.3, 0.4) is 0 Å². The van der Waals surface area contributed by atoms with Crippen molar-refractivity contribution in [1.82, 2.24) is 0 Å². The van der Waals surface area contributed by atoms with Gasteiger partial charge in [0.15, 0.2) is 0 Å². The Morgan fingerprint density at radius 1 is 0.857 bits per heavy atom. The molecule has 0 saturated heterocycles. The number of benzene rings is 3. The van der Waals surface area contributed by atoms with E-state index in [4.69, 9.17) is 15.2 Å². The summed E-state index contributed by atoms with van der Waals surface area (Å²) in [6.07, 6.45) is 0. The van der Waals surface area contributed by atoms with E-state index in [1.54, 1.807) is 13.2 Å². The van der Waals surface area contributed by atoms with Gasteiger partial charge in [-0.2, -0.15) is 0 Å². The van der Waals surface area contributed by atoms with Crippen molar-refractivity contribution in [3.63, 3.8) is 0 Å². The fourth-order valence-electron chi connectivity index (χ4n) is 2.31. The van der Waals surface area contributed by atoms with E-state index in [0.29, 0.717) is 12.3 Å². The number of nitrogen functional groups attached to an aromatic ring is 1. The highest BCUT2D eigenvalue weighted by Gasteiger charge is 2.02. The third-order valence-electron chi connectivity index (χ3n) is 3.35. The van der Waals surface area contributed by atoms with Crippen LogP contribution in [0.5, 0.6) is 11.5 Å². The molecule has 0 aliphatic heterocycles. The summed E-state index contributed by atoms with van der Waals surface area (Å²) in [5, 5.41) is 2.37. The Morgan fingerprint density at radius 3 is 2.48 bits per heavy atom. The van der Waals surface area contributed by atoms with Crippen molar-refractivity contribution in [1.29, 1.82) is 0 Å². The second kappa shape index (κ2) is 5.75. The van der Waals surface area contributed by atoms with Crippen LogP contribution in [0, 0.1) is 0 Å². The highest BCUT2D eigenvalue weighted by molar-refractivity contribution is 5.83. The smallest absolute Gasteiger partial charge is 0.121 e. The van der Waals surface area contributed by atoms with E-state index in [1.807, 2.05) is 36.4 Å². The van der Waals surface area contributed by atoms with Gasteiger partial charge in [0.05, 0.1) is 7.11 Å². The molecule has 0 radical (unpaired) electrons. The van der Waals surface area contributed by atoms with Gasteiger partial charge in [-0.3, -0.25) is 0 Å². The summed E-state index contributed by atoms with van der Waals surface area (Å²) in [6, 6.07) is 19.9. The quantitative estimate of drug-likeness (QED) is 0.734. The molecule has 0 aromatic heterocycles. The van der Waals surface area contributed by atoms with Gasteiger partial charge in [0, 0.05) is 11.8 Å². The van der Waals surface area contributed by atoms with Crippen molar-refractivity contribution in [3.05, 3.63) is 66.2 Å². The van der Waals surface area contributed by atoms with Crippen LogP contribution in [0.4, 0.5) is 5.69 Å². The number of fused-ring (bicyclic) bond motifs is 1. The minimum atomic E-state index is 0.458. The maximum atomic E-state index is 5.84. The monoisotopic (exact) mass is 279 g/mol. The second-order valence-corrected chi connectivity index (χ2v) is 4.91. The molecule has 0 aliphatic rings. The molecule has 106 valence electrons. The SMILES string of the molecule is COc1cc(N)cc(COc2ccc3ccccc3c2)c1. The normalized spacial score (nSPS) is 10.5. The van der Waals surface area contributed by atoms with E-state index in [0.717, 1.165) is 17.1 Å². The third kappa shape index (κ3) is 3.08. The predicted octanol–water partition coefficient (Wildman–Crippen LogP) is 4.01. The predicted molar refractivity (Wildman–Crippen MR) is 85.7 cm³/mol. The first-order chi connectivity index (χ1) is 10.2. The Labute approximate surface area is 123 Å². The summed E-state index contributed by atoms with van der Waals surface area (Å²) in [5.41, 5.74) is 7.50. The molecule has 0 unspecified atom stereocenters. The number of anilines is 1. The molecule has 21 heavy (non-hydrogen) atoms. The number of hydrogen-bond acceptors (Lipinski definition) is 3. The summed E-state index contributed by atoms with van der Waals surface area (Å²) in [6.45, 7) is 0.458. The maximum Gasteiger partial charge on any atom is 0.121 e. The lowest BCUT2D eigenvalue weighted by molar-refractivity contribution is 0.305. The van der Waals surface area contributed by atoms with Crippen LogP contribution in [-0.4, -0.2) is 7.11 Å². The van der Waals surface area contributed by atoms with Gasteiger partial charge in [-0.25, -0.2) is 0 Å². The van der Waals surface area contributed by atoms with Gasteiger partial charge in [-0.15, -0.1) is 0 Å². The number of rotatable bonds is 4. The number of nitrogens with two attached hydrogens (primary N) is 1. The fourth-order valence-corrected chi connectivity index (χ4v) is 2.31. The standard InChI is InChI=1S/C18H17NO2/c1-20-18-9-13(8-16(19)11-18)12-21-17-7-6-14-4-2-3-5-15(14)10-17/h2-11H,12,19H2,1H3. The molecule has 0 spiro atoms. The summed E-state index contributed by atoms with van der Waals surface area (Å²) in [7, 11) is 1.63. The molecule has 3 nitrogen and oxygen atoms in total. The second-order valence-electron chi connectivity index (χ2n) is 4.91. The van der Waals surface area contributed by atoms with Gasteiger partial charge in [-0.1, -0.05) is 30.3 Å². The summed E-state index contributed by atoms with van der Waals surface area (Å²) in [4.78, 5) is 0. The summed E-state index contributed by atoms with van der Waals surface area (Å²) < 4.78 is 11.1. The van der Waals surface area contributed by atoms with E-state index >= 15 is 0 Å². The van der Waals surface area contributed by atoms with Crippen molar-refractivity contribution >= 4 is 16.5 Å². The zero-order chi connectivity index (χ0) is 14.7. The van der Waals surface area contributed by atoms with Gasteiger partial charge in [0.25, 0.3) is 0 Å². The van der Waals surface area contributed by atoms with Gasteiger partial charge in [-0.05, 0) is 40.6 Å². The largest absolute Gasteiger partial charge is 0.497 e. The molecular weight excluding hydrogens is 262 g/mol. The number of hydrogen-bond donors (Lipinski definition) is 1. The van der Waals surface area contributed by atoms with Crippen molar-refractivity contribution in [3.8, 4) is 11.5 Å². The van der Waals surface area contributed by atoms with E-state index in [2.05, 4.69) is 18.2 Å². The molecule has 0 atom stereocenters. The van der Waals surface area contributed by atoms with E-state index in [9.17, 15) is 0 Å². The zero-order valence-electron chi connectivity index (χ0n) is 11.9. The van der Waals surface area contributed by atoms with E-state index < -0.39 is 0 Å².